The van der Waals surface area contributed by atoms with E-state index in [0.29, 0.717) is 23.6 Å². The fraction of sp³-hybridized carbons (Fsp3) is 0.105. The number of carbonyl (C=O) groups excluding carboxylic acids is 1. The summed E-state index contributed by atoms with van der Waals surface area (Å²) >= 11 is 1.57. The van der Waals surface area contributed by atoms with Gasteiger partial charge in [-0.15, -0.1) is 11.3 Å². The van der Waals surface area contributed by atoms with E-state index in [9.17, 15) is 4.79 Å². The van der Waals surface area contributed by atoms with Crippen molar-refractivity contribution in [3.8, 4) is 5.75 Å². The highest BCUT2D eigenvalue weighted by Crippen LogP contribution is 2.19. The Morgan fingerprint density at radius 3 is 2.85 bits per heavy atom. The van der Waals surface area contributed by atoms with Gasteiger partial charge in [-0.1, -0.05) is 0 Å². The van der Waals surface area contributed by atoms with Crippen molar-refractivity contribution in [3.05, 3.63) is 70.3 Å². The van der Waals surface area contributed by atoms with Gasteiger partial charge in [0.15, 0.2) is 0 Å². The summed E-state index contributed by atoms with van der Waals surface area (Å²) in [6, 6.07) is 12.7. The van der Waals surface area contributed by atoms with Gasteiger partial charge in [0.25, 0.3) is 5.91 Å². The van der Waals surface area contributed by atoms with Gasteiger partial charge in [-0.2, -0.15) is 5.10 Å². The number of benzene rings is 2. The molecule has 0 aliphatic heterocycles. The van der Waals surface area contributed by atoms with Crippen LogP contribution in [0.2, 0.25) is 0 Å². The van der Waals surface area contributed by atoms with Gasteiger partial charge in [-0.05, 0) is 49.4 Å². The van der Waals surface area contributed by atoms with Crippen LogP contribution in [0.15, 0.2) is 54.0 Å². The molecule has 2 aromatic heterocycles. The first-order valence-electron chi connectivity index (χ1n) is 8.06. The molecule has 0 aliphatic carbocycles. The number of fused-ring (bicyclic) bond motifs is 1. The van der Waals surface area contributed by atoms with Gasteiger partial charge >= 0.3 is 0 Å². The van der Waals surface area contributed by atoms with Crippen LogP contribution in [0.5, 0.6) is 5.75 Å². The average Bonchev–Trinajstić information content (AvgIpc) is 3.28. The second kappa shape index (κ2) is 6.97. The van der Waals surface area contributed by atoms with Crippen molar-refractivity contribution in [2.45, 2.75) is 13.5 Å². The molecule has 0 aliphatic rings. The Morgan fingerprint density at radius 2 is 2.08 bits per heavy atom. The van der Waals surface area contributed by atoms with Crippen molar-refractivity contribution in [1.29, 1.82) is 0 Å². The van der Waals surface area contributed by atoms with E-state index in [1.165, 1.54) is 0 Å². The van der Waals surface area contributed by atoms with Crippen LogP contribution in [0, 0.1) is 6.92 Å². The molecule has 6 nitrogen and oxygen atoms in total. The maximum absolute atomic E-state index is 12.4. The summed E-state index contributed by atoms with van der Waals surface area (Å²) in [6.07, 6.45) is 1.74. The lowest BCUT2D eigenvalue weighted by atomic mass is 10.2. The van der Waals surface area contributed by atoms with Crippen LogP contribution in [-0.4, -0.2) is 21.1 Å². The number of rotatable bonds is 5. The number of hydrogen-bond acceptors (Lipinski definition) is 5. The van der Waals surface area contributed by atoms with Crippen LogP contribution in [-0.2, 0) is 6.61 Å². The van der Waals surface area contributed by atoms with Crippen molar-refractivity contribution in [2.75, 3.05) is 5.32 Å². The number of hydrogen-bond donors (Lipinski definition) is 2. The predicted octanol–water partition coefficient (Wildman–Crippen LogP) is 4.16. The predicted molar refractivity (Wildman–Crippen MR) is 102 cm³/mol. The summed E-state index contributed by atoms with van der Waals surface area (Å²) in [5, 5.41) is 13.7. The van der Waals surface area contributed by atoms with Crippen LogP contribution in [0.4, 0.5) is 5.69 Å². The van der Waals surface area contributed by atoms with Crippen LogP contribution in [0.25, 0.3) is 10.9 Å². The number of aromatic nitrogens is 3. The Kier molecular flexibility index (Phi) is 4.37. The van der Waals surface area contributed by atoms with Crippen LogP contribution >= 0.6 is 11.3 Å². The van der Waals surface area contributed by atoms with E-state index in [0.717, 1.165) is 21.6 Å². The molecule has 2 N–H and O–H groups in total. The molecule has 1 amide bonds. The smallest absolute Gasteiger partial charge is 0.255 e. The number of nitrogens with zero attached hydrogens (tertiary/aromatic N) is 2. The molecule has 0 fully saturated rings. The van der Waals surface area contributed by atoms with E-state index in [1.807, 2.05) is 30.5 Å². The minimum atomic E-state index is -0.175. The Morgan fingerprint density at radius 1 is 1.23 bits per heavy atom. The molecule has 0 unspecified atom stereocenters. The Bertz CT molecular complexity index is 1050. The van der Waals surface area contributed by atoms with Gasteiger partial charge in [0.1, 0.15) is 17.4 Å². The van der Waals surface area contributed by atoms with Gasteiger partial charge in [0.05, 0.1) is 11.7 Å². The number of ether oxygens (including phenoxy) is 1. The fourth-order valence-corrected chi connectivity index (χ4v) is 3.22. The van der Waals surface area contributed by atoms with E-state index in [2.05, 4.69) is 20.5 Å². The summed E-state index contributed by atoms with van der Waals surface area (Å²) in [6.45, 7) is 2.38. The number of carbonyl (C=O) groups is 1. The number of H-pyrrole nitrogens is 1. The molecule has 7 heteroatoms. The summed E-state index contributed by atoms with van der Waals surface area (Å²) in [5.74, 6) is 0.527. The topological polar surface area (TPSA) is 79.9 Å². The maximum Gasteiger partial charge on any atom is 0.255 e. The van der Waals surface area contributed by atoms with Crippen LogP contribution in [0.1, 0.15) is 21.1 Å². The fourth-order valence-electron chi connectivity index (χ4n) is 2.53. The first-order valence-corrected chi connectivity index (χ1v) is 8.94. The second-order valence-electron chi connectivity index (χ2n) is 5.82. The van der Waals surface area contributed by atoms with E-state index in [1.54, 1.807) is 41.8 Å². The molecular formula is C19H16N4O2S. The molecule has 2 aromatic carbocycles. The number of aromatic amines is 1. The van der Waals surface area contributed by atoms with Crippen molar-refractivity contribution >= 4 is 33.8 Å². The third kappa shape index (κ3) is 3.57. The van der Waals surface area contributed by atoms with Crippen LogP contribution < -0.4 is 10.1 Å². The molecule has 0 saturated heterocycles. The maximum atomic E-state index is 12.4. The zero-order valence-corrected chi connectivity index (χ0v) is 14.8. The Labute approximate surface area is 153 Å². The highest BCUT2D eigenvalue weighted by atomic mass is 32.1. The largest absolute Gasteiger partial charge is 0.486 e. The van der Waals surface area contributed by atoms with Crippen molar-refractivity contribution in [2.24, 2.45) is 0 Å². The third-order valence-corrected chi connectivity index (χ3v) is 4.79. The van der Waals surface area contributed by atoms with Crippen molar-refractivity contribution in [1.82, 2.24) is 15.2 Å². The van der Waals surface area contributed by atoms with Gasteiger partial charge < -0.3 is 10.1 Å². The molecule has 2 heterocycles. The Balaban J connectivity index is 1.39. The first-order chi connectivity index (χ1) is 12.7. The molecule has 4 rings (SSSR count). The number of anilines is 1. The molecule has 130 valence electrons. The summed E-state index contributed by atoms with van der Waals surface area (Å²) in [5.41, 5.74) is 3.15. The molecule has 4 aromatic rings. The average molecular weight is 364 g/mol. The molecule has 26 heavy (non-hydrogen) atoms. The number of amides is 1. The summed E-state index contributed by atoms with van der Waals surface area (Å²) < 4.78 is 5.70. The molecular weight excluding hydrogens is 348 g/mol. The third-order valence-electron chi connectivity index (χ3n) is 3.85. The highest BCUT2D eigenvalue weighted by molar-refractivity contribution is 7.09. The second-order valence-corrected chi connectivity index (χ2v) is 6.76. The monoisotopic (exact) mass is 364 g/mol. The lowest BCUT2D eigenvalue weighted by molar-refractivity contribution is 0.102. The molecule has 0 bridgehead atoms. The van der Waals surface area contributed by atoms with Crippen molar-refractivity contribution in [3.63, 3.8) is 0 Å². The highest BCUT2D eigenvalue weighted by Gasteiger charge is 2.08. The van der Waals surface area contributed by atoms with E-state index in [4.69, 9.17) is 4.74 Å². The van der Waals surface area contributed by atoms with Crippen LogP contribution in [0.3, 0.4) is 0 Å². The standard InChI is InChI=1S/C19H16N4O2S/c1-12-11-26-18(21-12)10-25-16-6-3-13(4-7-16)19(24)22-15-5-2-14-9-20-23-17(14)8-15/h2-9,11H,10H2,1H3,(H,20,23)(H,22,24). The summed E-state index contributed by atoms with van der Waals surface area (Å²) in [7, 11) is 0. The van der Waals surface area contributed by atoms with Gasteiger partial charge in [0.2, 0.25) is 0 Å². The zero-order valence-electron chi connectivity index (χ0n) is 14.0. The van der Waals surface area contributed by atoms with Gasteiger partial charge in [-0.25, -0.2) is 4.98 Å². The molecule has 0 saturated carbocycles. The quantitative estimate of drug-likeness (QED) is 0.557. The minimum Gasteiger partial charge on any atom is -0.486 e. The lowest BCUT2D eigenvalue weighted by Crippen LogP contribution is -2.11. The zero-order chi connectivity index (χ0) is 17.9. The summed E-state index contributed by atoms with van der Waals surface area (Å²) in [4.78, 5) is 16.8. The Hall–Kier alpha value is -3.19. The molecule has 0 spiro atoms. The van der Waals surface area contributed by atoms with E-state index < -0.39 is 0 Å². The molecule has 0 atom stereocenters. The lowest BCUT2D eigenvalue weighted by Gasteiger charge is -2.07. The number of aryl methyl sites for hydroxylation is 1. The van der Waals surface area contributed by atoms with E-state index in [-0.39, 0.29) is 5.91 Å². The number of nitrogens with one attached hydrogen (secondary N) is 2. The van der Waals surface area contributed by atoms with E-state index >= 15 is 0 Å². The van der Waals surface area contributed by atoms with Crippen molar-refractivity contribution < 1.29 is 9.53 Å². The van der Waals surface area contributed by atoms with Gasteiger partial charge in [0, 0.05) is 27.7 Å². The SMILES string of the molecule is Cc1csc(COc2ccc(C(=O)Nc3ccc4cn[nH]c4c3)cc2)n1. The molecule has 0 radical (unpaired) electrons. The number of thiazole rings is 1. The van der Waals surface area contributed by atoms with Gasteiger partial charge in [-0.3, -0.25) is 9.89 Å². The first kappa shape index (κ1) is 16.3. The normalized spacial score (nSPS) is 10.8. The minimum absolute atomic E-state index is 0.175.